The number of rotatable bonds is 0. The van der Waals surface area contributed by atoms with Gasteiger partial charge in [-0.25, -0.2) is 4.74 Å². The van der Waals surface area contributed by atoms with Crippen molar-refractivity contribution in [3.63, 3.8) is 0 Å². The van der Waals surface area contributed by atoms with Crippen LogP contribution >= 0.6 is 7.51 Å². The molecular weight excluding hydrogens is 413 g/mol. The minimum Gasteiger partial charge on any atom is -0.429 e. The lowest BCUT2D eigenvalue weighted by molar-refractivity contribution is 0.329. The molecule has 4 heteroatoms. The summed E-state index contributed by atoms with van der Waals surface area (Å²) >= 11 is 0. The van der Waals surface area contributed by atoms with E-state index in [1.807, 2.05) is 0 Å². The number of fused-ring (bicyclic) bond motifs is 2. The van der Waals surface area contributed by atoms with Crippen molar-refractivity contribution in [2.24, 2.45) is 4.74 Å². The van der Waals surface area contributed by atoms with Crippen molar-refractivity contribution in [2.75, 3.05) is 0 Å². The van der Waals surface area contributed by atoms with Crippen LogP contribution in [-0.4, -0.2) is 5.16 Å². The molecule has 5 rings (SSSR count). The summed E-state index contributed by atoms with van der Waals surface area (Å²) in [4.78, 5) is 0. The van der Waals surface area contributed by atoms with E-state index in [-0.39, 0.29) is 10.7 Å². The van der Waals surface area contributed by atoms with Crippen LogP contribution in [0.2, 0.25) is 0 Å². The Bertz CT molecular complexity index is 958. The number of hydrogen-bond acceptors (Lipinski definition) is 3. The largest absolute Gasteiger partial charge is 0.429 e. The number of para-hydroxylation sites is 2. The van der Waals surface area contributed by atoms with Gasteiger partial charge in [-0.3, -0.25) is 0 Å². The maximum Gasteiger partial charge on any atom is 0.321 e. The number of hydrogen-bond donors (Lipinski definition) is 0. The Hall–Kier alpha value is -1.73. The summed E-state index contributed by atoms with van der Waals surface area (Å²) in [7, 11) is -2.54. The molecule has 0 radical (unpaired) electrons. The van der Waals surface area contributed by atoms with Gasteiger partial charge in [-0.05, 0) is 38.8 Å². The summed E-state index contributed by atoms with van der Waals surface area (Å²) < 4.78 is 19.4. The number of benzene rings is 2. The third kappa shape index (κ3) is 3.81. The van der Waals surface area contributed by atoms with Gasteiger partial charge in [0.1, 0.15) is 17.0 Å². The molecule has 3 aliphatic rings. The van der Waals surface area contributed by atoms with E-state index in [9.17, 15) is 0 Å². The molecule has 3 heterocycles. The first-order valence-electron chi connectivity index (χ1n) is 12.8. The van der Waals surface area contributed by atoms with Crippen molar-refractivity contribution >= 4 is 7.51 Å². The Balaban J connectivity index is 1.65. The Morgan fingerprint density at radius 3 is 1.59 bits per heavy atom. The normalized spacial score (nSPS) is 29.9. The second kappa shape index (κ2) is 8.90. The zero-order valence-corrected chi connectivity index (χ0v) is 20.7. The third-order valence-electron chi connectivity index (χ3n) is 7.75. The lowest BCUT2D eigenvalue weighted by atomic mass is 9.78. The zero-order chi connectivity index (χ0) is 22.1. The minimum atomic E-state index is -2.54. The summed E-state index contributed by atoms with van der Waals surface area (Å²) in [6.07, 6.45) is 15.3. The van der Waals surface area contributed by atoms with Crippen molar-refractivity contribution in [3.8, 4) is 11.5 Å². The molecule has 2 aromatic carbocycles. The lowest BCUT2D eigenvalue weighted by Crippen LogP contribution is -2.39. The Labute approximate surface area is 194 Å². The average Bonchev–Trinajstić information content (AvgIpc) is 2.79. The zero-order valence-electron chi connectivity index (χ0n) is 19.8. The van der Waals surface area contributed by atoms with E-state index in [4.69, 9.17) is 13.8 Å². The fraction of sp³-hybridized carbons (Fsp3) is 0.571. The van der Waals surface area contributed by atoms with E-state index in [0.29, 0.717) is 0 Å². The highest BCUT2D eigenvalue weighted by atomic mass is 31.2. The fourth-order valence-electron chi connectivity index (χ4n) is 5.78. The number of nitrogens with zero attached hydrogens (tertiary/aromatic N) is 1. The molecule has 0 unspecified atom stereocenters. The molecule has 32 heavy (non-hydrogen) atoms. The van der Waals surface area contributed by atoms with Crippen molar-refractivity contribution < 1.29 is 9.05 Å². The van der Waals surface area contributed by atoms with Gasteiger partial charge < -0.3 is 9.05 Å². The maximum absolute atomic E-state index is 6.85. The van der Waals surface area contributed by atoms with E-state index in [0.717, 1.165) is 24.3 Å². The van der Waals surface area contributed by atoms with Gasteiger partial charge in [-0.2, -0.15) is 0 Å². The van der Waals surface area contributed by atoms with Gasteiger partial charge >= 0.3 is 7.51 Å². The molecule has 2 bridgehead atoms. The summed E-state index contributed by atoms with van der Waals surface area (Å²) in [5, 5.41) is -0.129. The van der Waals surface area contributed by atoms with Crippen LogP contribution in [0.1, 0.15) is 102 Å². The average molecular weight is 452 g/mol. The molecule has 3 nitrogen and oxygen atoms in total. The van der Waals surface area contributed by atoms with Crippen LogP contribution in [-0.2, 0) is 5.54 Å². The van der Waals surface area contributed by atoms with Crippen molar-refractivity contribution in [1.29, 1.82) is 0 Å². The Morgan fingerprint density at radius 2 is 1.06 bits per heavy atom. The molecule has 0 N–H and O–H groups in total. The van der Waals surface area contributed by atoms with Crippen LogP contribution < -0.4 is 9.05 Å². The van der Waals surface area contributed by atoms with Gasteiger partial charge in [0, 0.05) is 11.1 Å². The minimum absolute atomic E-state index is 0.129. The smallest absolute Gasteiger partial charge is 0.321 e. The predicted octanol–water partition coefficient (Wildman–Crippen LogP) is 9.22. The van der Waals surface area contributed by atoms with E-state index in [1.54, 1.807) is 0 Å². The van der Waals surface area contributed by atoms with Gasteiger partial charge in [0.05, 0.1) is 5.16 Å². The van der Waals surface area contributed by atoms with Gasteiger partial charge in [-0.15, -0.1) is 0 Å². The molecule has 0 aromatic heterocycles. The van der Waals surface area contributed by atoms with E-state index in [2.05, 4.69) is 62.4 Å². The van der Waals surface area contributed by atoms with E-state index < -0.39 is 7.51 Å². The molecule has 0 atom stereocenters. The highest BCUT2D eigenvalue weighted by molar-refractivity contribution is 7.59. The summed E-state index contributed by atoms with van der Waals surface area (Å²) in [5.41, 5.74) is 2.10. The molecule has 0 amide bonds. The molecule has 0 fully saturated rings. The highest BCUT2D eigenvalue weighted by Crippen LogP contribution is 2.73. The molecule has 0 saturated heterocycles. The third-order valence-corrected chi connectivity index (χ3v) is 11.0. The van der Waals surface area contributed by atoms with Crippen LogP contribution in [0.15, 0.2) is 53.3 Å². The van der Waals surface area contributed by atoms with E-state index in [1.165, 1.54) is 75.3 Å². The summed E-state index contributed by atoms with van der Waals surface area (Å²) in [6, 6.07) is 17.2. The standard InChI is InChI=1S/C28H38NO2P/c1-27(2)21-15-9-7-5-3-4-6-8-10-16-22-28-23-17-11-13-19-25(23)30-32(27,29-28)31-26-20-14-12-18-24(26)28/h11-14,17-20H,3-10,15-16,21-22H2,1-2H3. The first-order valence-corrected chi connectivity index (χ1v) is 14.4. The van der Waals surface area contributed by atoms with Crippen LogP contribution in [0.25, 0.3) is 0 Å². The maximum atomic E-state index is 6.85. The quantitative estimate of drug-likeness (QED) is 0.374. The monoisotopic (exact) mass is 451 g/mol. The Kier molecular flexibility index (Phi) is 6.14. The summed E-state index contributed by atoms with van der Waals surface area (Å²) in [5.74, 6) is 1.97. The topological polar surface area (TPSA) is 30.8 Å². The highest BCUT2D eigenvalue weighted by Gasteiger charge is 2.55. The van der Waals surface area contributed by atoms with Crippen LogP contribution in [0.3, 0.4) is 0 Å². The molecule has 3 aliphatic heterocycles. The van der Waals surface area contributed by atoms with Gasteiger partial charge in [0.25, 0.3) is 0 Å². The Morgan fingerprint density at radius 1 is 0.625 bits per heavy atom. The predicted molar refractivity (Wildman–Crippen MR) is 134 cm³/mol. The fourth-order valence-corrected chi connectivity index (χ4v) is 8.72. The molecule has 0 spiro atoms. The van der Waals surface area contributed by atoms with Gasteiger partial charge in [0.15, 0.2) is 0 Å². The molecule has 0 saturated carbocycles. The molecule has 2 aromatic rings. The van der Waals surface area contributed by atoms with Crippen LogP contribution in [0, 0.1) is 0 Å². The van der Waals surface area contributed by atoms with Gasteiger partial charge in [-0.1, -0.05) is 101 Å². The van der Waals surface area contributed by atoms with Crippen LogP contribution in [0.4, 0.5) is 0 Å². The van der Waals surface area contributed by atoms with Crippen molar-refractivity contribution in [3.05, 3.63) is 59.7 Å². The lowest BCUT2D eigenvalue weighted by Gasteiger charge is -2.50. The summed E-state index contributed by atoms with van der Waals surface area (Å²) in [6.45, 7) is 4.67. The van der Waals surface area contributed by atoms with Crippen molar-refractivity contribution in [1.82, 2.24) is 0 Å². The first kappa shape index (κ1) is 22.1. The molecule has 172 valence electrons. The first-order chi connectivity index (χ1) is 15.6. The molecule has 0 aliphatic carbocycles. The van der Waals surface area contributed by atoms with Crippen LogP contribution in [0.5, 0.6) is 11.5 Å². The SMILES string of the molecule is CC1(C)CCCCCCCCCCCCC23N=P1(Oc1ccccc12)Oc1ccccc13. The van der Waals surface area contributed by atoms with E-state index >= 15 is 0 Å². The molecular formula is C28H38NO2P. The van der Waals surface area contributed by atoms with Crippen molar-refractivity contribution in [2.45, 2.75) is 102 Å². The van der Waals surface area contributed by atoms with Gasteiger partial charge in [0.2, 0.25) is 0 Å². The second-order valence-corrected chi connectivity index (χ2v) is 13.3. The second-order valence-electron chi connectivity index (χ2n) is 10.5.